The summed E-state index contributed by atoms with van der Waals surface area (Å²) >= 11 is 0. The molecule has 3 nitrogen and oxygen atoms in total. The molecule has 1 N–H and O–H groups in total. The van der Waals surface area contributed by atoms with Crippen molar-refractivity contribution in [1.29, 1.82) is 0 Å². The molecule has 0 radical (unpaired) electrons. The number of amides is 1. The van der Waals surface area contributed by atoms with Crippen LogP contribution in [-0.2, 0) is 9.59 Å². The molecule has 13 heavy (non-hydrogen) atoms. The maximum Gasteiger partial charge on any atom is 0.254 e. The van der Waals surface area contributed by atoms with Crippen molar-refractivity contribution < 1.29 is 9.59 Å². The Morgan fingerprint density at radius 2 is 1.69 bits per heavy atom. The first-order valence-electron chi connectivity index (χ1n) is 4.27. The summed E-state index contributed by atoms with van der Waals surface area (Å²) in [7, 11) is 0. The third-order valence-corrected chi connectivity index (χ3v) is 1.40. The van der Waals surface area contributed by atoms with Crippen LogP contribution in [0.5, 0.6) is 0 Å². The molecule has 0 fully saturated rings. The summed E-state index contributed by atoms with van der Waals surface area (Å²) in [5.74, 6) is -0.508. The van der Waals surface area contributed by atoms with Crippen LogP contribution in [0.2, 0.25) is 0 Å². The van der Waals surface area contributed by atoms with Crippen LogP contribution in [0.1, 0.15) is 34.6 Å². The lowest BCUT2D eigenvalue weighted by molar-refractivity contribution is -0.122. The maximum absolute atomic E-state index is 11.4. The Labute approximate surface area is 79.2 Å². The average molecular weight is 183 g/mol. The zero-order chi connectivity index (χ0) is 10.6. The number of carbonyl (C=O) groups excluding carboxylic acids is 2. The molecular weight excluding hydrogens is 166 g/mol. The minimum atomic E-state index is -0.305. The molecule has 0 aliphatic heterocycles. The molecule has 3 heteroatoms. The molecule has 0 aromatic heterocycles. The van der Waals surface area contributed by atoms with Crippen molar-refractivity contribution in [3.63, 3.8) is 0 Å². The lowest BCUT2D eigenvalue weighted by Gasteiger charge is -2.20. The SMILES string of the molecule is C/C=C(\C(C)=O)C(=O)NC(C)(C)C. The Hall–Kier alpha value is -1.12. The smallest absolute Gasteiger partial charge is 0.254 e. The molecule has 0 bridgehead atoms. The van der Waals surface area contributed by atoms with Crippen molar-refractivity contribution in [2.45, 2.75) is 40.2 Å². The zero-order valence-electron chi connectivity index (χ0n) is 8.89. The predicted octanol–water partition coefficient (Wildman–Crippen LogP) is 1.44. The third-order valence-electron chi connectivity index (χ3n) is 1.40. The molecule has 0 saturated carbocycles. The van der Waals surface area contributed by atoms with Crippen molar-refractivity contribution in [3.8, 4) is 0 Å². The van der Waals surface area contributed by atoms with E-state index in [0.717, 1.165) is 0 Å². The number of nitrogens with one attached hydrogen (secondary N) is 1. The predicted molar refractivity (Wildman–Crippen MR) is 52.3 cm³/mol. The van der Waals surface area contributed by atoms with Gasteiger partial charge in [-0.3, -0.25) is 9.59 Å². The standard InChI is InChI=1S/C10H17NO2/c1-6-8(7(2)12)9(13)11-10(3,4)5/h6H,1-5H3,(H,11,13)/b8-6+. The number of hydrogen-bond donors (Lipinski definition) is 1. The largest absolute Gasteiger partial charge is 0.347 e. The second kappa shape index (κ2) is 4.21. The molecule has 1 amide bonds. The van der Waals surface area contributed by atoms with Gasteiger partial charge in [0.2, 0.25) is 0 Å². The van der Waals surface area contributed by atoms with Gasteiger partial charge in [0.25, 0.3) is 5.91 Å². The molecule has 0 heterocycles. The van der Waals surface area contributed by atoms with Crippen molar-refractivity contribution in [2.24, 2.45) is 0 Å². The van der Waals surface area contributed by atoms with Gasteiger partial charge in [0.05, 0.1) is 5.57 Å². The molecular formula is C10H17NO2. The van der Waals surface area contributed by atoms with Crippen molar-refractivity contribution in [1.82, 2.24) is 5.32 Å². The third kappa shape index (κ3) is 4.45. The number of allylic oxidation sites excluding steroid dienone is 1. The van der Waals surface area contributed by atoms with Crippen LogP contribution in [0, 0.1) is 0 Å². The van der Waals surface area contributed by atoms with Gasteiger partial charge in [-0.25, -0.2) is 0 Å². The van der Waals surface area contributed by atoms with Crippen molar-refractivity contribution >= 4 is 11.7 Å². The van der Waals surface area contributed by atoms with Crippen LogP contribution in [-0.4, -0.2) is 17.2 Å². The first-order chi connectivity index (χ1) is 5.78. The molecule has 0 aromatic rings. The highest BCUT2D eigenvalue weighted by atomic mass is 16.2. The highest BCUT2D eigenvalue weighted by Gasteiger charge is 2.18. The van der Waals surface area contributed by atoms with Crippen LogP contribution in [0.25, 0.3) is 0 Å². The van der Waals surface area contributed by atoms with E-state index < -0.39 is 0 Å². The minimum Gasteiger partial charge on any atom is -0.347 e. The van der Waals surface area contributed by atoms with Crippen molar-refractivity contribution in [3.05, 3.63) is 11.6 Å². The van der Waals surface area contributed by atoms with Gasteiger partial charge in [-0.05, 0) is 34.6 Å². The summed E-state index contributed by atoms with van der Waals surface area (Å²) in [5.41, 5.74) is -0.0872. The molecule has 0 spiro atoms. The Balaban J connectivity index is 4.52. The van der Waals surface area contributed by atoms with Gasteiger partial charge in [0.1, 0.15) is 0 Å². The van der Waals surface area contributed by atoms with Gasteiger partial charge >= 0.3 is 0 Å². The van der Waals surface area contributed by atoms with Crippen LogP contribution in [0.4, 0.5) is 0 Å². The quantitative estimate of drug-likeness (QED) is 0.400. The molecule has 0 rings (SSSR count). The van der Waals surface area contributed by atoms with Gasteiger partial charge in [-0.1, -0.05) is 6.08 Å². The number of hydrogen-bond acceptors (Lipinski definition) is 2. The molecule has 0 aliphatic rings. The van der Waals surface area contributed by atoms with Crippen LogP contribution in [0.3, 0.4) is 0 Å². The van der Waals surface area contributed by atoms with E-state index in [-0.39, 0.29) is 22.8 Å². The molecule has 0 aliphatic carbocycles. The second-order valence-corrected chi connectivity index (χ2v) is 3.96. The fourth-order valence-electron chi connectivity index (χ4n) is 0.902. The highest BCUT2D eigenvalue weighted by Crippen LogP contribution is 2.03. The van der Waals surface area contributed by atoms with Crippen LogP contribution >= 0.6 is 0 Å². The van der Waals surface area contributed by atoms with E-state index in [2.05, 4.69) is 5.32 Å². The average Bonchev–Trinajstić information content (AvgIpc) is 1.82. The fourth-order valence-corrected chi connectivity index (χ4v) is 0.902. The van der Waals surface area contributed by atoms with Crippen molar-refractivity contribution in [2.75, 3.05) is 0 Å². The Morgan fingerprint density at radius 3 is 1.92 bits per heavy atom. The molecule has 74 valence electrons. The summed E-state index contributed by atoms with van der Waals surface area (Å²) < 4.78 is 0. The van der Waals surface area contributed by atoms with Crippen LogP contribution in [0.15, 0.2) is 11.6 Å². The lowest BCUT2D eigenvalue weighted by atomic mass is 10.1. The highest BCUT2D eigenvalue weighted by molar-refractivity contribution is 6.18. The van der Waals surface area contributed by atoms with E-state index in [1.807, 2.05) is 20.8 Å². The van der Waals surface area contributed by atoms with Gasteiger partial charge in [0.15, 0.2) is 5.78 Å². The Morgan fingerprint density at radius 1 is 1.23 bits per heavy atom. The summed E-state index contributed by atoms with van der Waals surface area (Å²) in [4.78, 5) is 22.4. The molecule has 0 aromatic carbocycles. The topological polar surface area (TPSA) is 46.2 Å². The number of carbonyl (C=O) groups is 2. The van der Waals surface area contributed by atoms with E-state index in [1.54, 1.807) is 6.92 Å². The van der Waals surface area contributed by atoms with Gasteiger partial charge in [-0.15, -0.1) is 0 Å². The fraction of sp³-hybridized carbons (Fsp3) is 0.600. The number of Topliss-reactive ketones (excluding diaryl/α,β-unsaturated/α-hetero) is 1. The summed E-state index contributed by atoms with van der Waals surface area (Å²) in [6.45, 7) is 8.69. The molecule has 0 unspecified atom stereocenters. The van der Waals surface area contributed by atoms with E-state index in [9.17, 15) is 9.59 Å². The van der Waals surface area contributed by atoms with Gasteiger partial charge < -0.3 is 5.32 Å². The molecule has 0 saturated heterocycles. The first-order valence-corrected chi connectivity index (χ1v) is 4.27. The van der Waals surface area contributed by atoms with Gasteiger partial charge in [-0.2, -0.15) is 0 Å². The first kappa shape index (κ1) is 11.9. The summed E-state index contributed by atoms with van der Waals surface area (Å²) in [5, 5.41) is 2.72. The molecule has 0 atom stereocenters. The summed E-state index contributed by atoms with van der Waals surface area (Å²) in [6, 6.07) is 0. The summed E-state index contributed by atoms with van der Waals surface area (Å²) in [6.07, 6.45) is 1.53. The minimum absolute atomic E-state index is 0.204. The second-order valence-electron chi connectivity index (χ2n) is 3.96. The lowest BCUT2D eigenvalue weighted by Crippen LogP contribution is -2.42. The Kier molecular flexibility index (Phi) is 3.85. The number of rotatable bonds is 2. The maximum atomic E-state index is 11.4. The monoisotopic (exact) mass is 183 g/mol. The Bertz CT molecular complexity index is 246. The van der Waals surface area contributed by atoms with E-state index in [1.165, 1.54) is 13.0 Å². The van der Waals surface area contributed by atoms with Gasteiger partial charge in [0, 0.05) is 5.54 Å². The normalized spacial score (nSPS) is 12.5. The van der Waals surface area contributed by atoms with E-state index in [4.69, 9.17) is 0 Å². The zero-order valence-corrected chi connectivity index (χ0v) is 8.89. The van der Waals surface area contributed by atoms with Crippen LogP contribution < -0.4 is 5.32 Å². The number of ketones is 1. The van der Waals surface area contributed by atoms with E-state index in [0.29, 0.717) is 0 Å². The van der Waals surface area contributed by atoms with E-state index >= 15 is 0 Å².